The summed E-state index contributed by atoms with van der Waals surface area (Å²) in [5, 5.41) is 11.9. The smallest absolute Gasteiger partial charge is 0.317 e. The molecule has 0 aliphatic heterocycles. The van der Waals surface area contributed by atoms with E-state index in [1.807, 2.05) is 6.92 Å². The minimum atomic E-state index is -0.167. The first-order chi connectivity index (χ1) is 9.11. The first-order valence-corrected chi connectivity index (χ1v) is 6.84. The lowest BCUT2D eigenvalue weighted by Gasteiger charge is -2.23. The van der Waals surface area contributed by atoms with Gasteiger partial charge in [0.1, 0.15) is 0 Å². The Morgan fingerprint density at radius 1 is 1.42 bits per heavy atom. The van der Waals surface area contributed by atoms with E-state index < -0.39 is 0 Å². The summed E-state index contributed by atoms with van der Waals surface area (Å²) in [4.78, 5) is 13.4. The Labute approximate surface area is 114 Å². The van der Waals surface area contributed by atoms with Crippen LogP contribution in [-0.2, 0) is 19.4 Å². The van der Waals surface area contributed by atoms with Crippen LogP contribution in [0, 0.1) is 0 Å². The number of carbonyl (C=O) groups is 1. The molecular weight excluding hydrogens is 240 g/mol. The van der Waals surface area contributed by atoms with Crippen molar-refractivity contribution in [2.24, 2.45) is 0 Å². The summed E-state index contributed by atoms with van der Waals surface area (Å²) in [5.41, 5.74) is 4.00. The third-order valence-electron chi connectivity index (χ3n) is 3.85. The third-order valence-corrected chi connectivity index (χ3v) is 3.85. The fourth-order valence-corrected chi connectivity index (χ4v) is 2.36. The van der Waals surface area contributed by atoms with E-state index in [4.69, 9.17) is 5.11 Å². The first kappa shape index (κ1) is 13.9. The predicted octanol–water partition coefficient (Wildman–Crippen LogP) is 1.70. The molecule has 0 saturated carbocycles. The van der Waals surface area contributed by atoms with Crippen molar-refractivity contribution in [2.45, 2.75) is 38.8 Å². The average molecular weight is 262 g/mol. The minimum Gasteiger partial charge on any atom is -0.394 e. The molecule has 1 aromatic rings. The highest BCUT2D eigenvalue weighted by Crippen LogP contribution is 2.22. The van der Waals surface area contributed by atoms with Gasteiger partial charge in [-0.05, 0) is 42.9 Å². The van der Waals surface area contributed by atoms with Crippen molar-refractivity contribution in [3.63, 3.8) is 0 Å². The molecule has 0 saturated heterocycles. The van der Waals surface area contributed by atoms with Crippen molar-refractivity contribution in [2.75, 3.05) is 13.7 Å². The van der Waals surface area contributed by atoms with Crippen LogP contribution >= 0.6 is 0 Å². The maximum atomic E-state index is 11.9. The van der Waals surface area contributed by atoms with Gasteiger partial charge in [-0.1, -0.05) is 18.2 Å². The van der Waals surface area contributed by atoms with E-state index in [0.717, 1.165) is 12.0 Å². The molecule has 0 fully saturated rings. The van der Waals surface area contributed by atoms with E-state index >= 15 is 0 Å². The molecule has 104 valence electrons. The first-order valence-electron chi connectivity index (χ1n) is 6.84. The molecule has 4 heteroatoms. The van der Waals surface area contributed by atoms with Gasteiger partial charge >= 0.3 is 6.03 Å². The summed E-state index contributed by atoms with van der Waals surface area (Å²) >= 11 is 0. The molecule has 0 radical (unpaired) electrons. The van der Waals surface area contributed by atoms with Crippen LogP contribution in [0.5, 0.6) is 0 Å². The minimum absolute atomic E-state index is 0.0250. The van der Waals surface area contributed by atoms with Gasteiger partial charge in [0.2, 0.25) is 0 Å². The molecule has 1 unspecified atom stereocenters. The number of benzene rings is 1. The van der Waals surface area contributed by atoms with Gasteiger partial charge in [0.05, 0.1) is 12.6 Å². The maximum Gasteiger partial charge on any atom is 0.317 e. The molecule has 0 bridgehead atoms. The highest BCUT2D eigenvalue weighted by molar-refractivity contribution is 5.74. The summed E-state index contributed by atoms with van der Waals surface area (Å²) in [6.45, 7) is 2.33. The Kier molecular flexibility index (Phi) is 4.43. The number of carbonyl (C=O) groups excluding carboxylic acids is 1. The SMILES string of the molecule is CC(CO)N(C)C(=O)NCc1ccc2c(c1)CCC2. The molecule has 1 aromatic carbocycles. The number of urea groups is 1. The number of aryl methyl sites for hydroxylation is 2. The van der Waals surface area contributed by atoms with Crippen LogP contribution in [0.3, 0.4) is 0 Å². The lowest BCUT2D eigenvalue weighted by Crippen LogP contribution is -2.43. The number of aliphatic hydroxyl groups excluding tert-OH is 1. The van der Waals surface area contributed by atoms with Crippen LogP contribution in [-0.4, -0.2) is 35.7 Å². The maximum absolute atomic E-state index is 11.9. The predicted molar refractivity (Wildman–Crippen MR) is 75.0 cm³/mol. The van der Waals surface area contributed by atoms with E-state index in [9.17, 15) is 4.79 Å². The van der Waals surface area contributed by atoms with Crippen LogP contribution in [0.2, 0.25) is 0 Å². The van der Waals surface area contributed by atoms with Crippen LogP contribution in [0.15, 0.2) is 18.2 Å². The molecular formula is C15H22N2O2. The Morgan fingerprint density at radius 2 is 2.16 bits per heavy atom. The number of likely N-dealkylation sites (N-methyl/N-ethyl adjacent to an activating group) is 1. The van der Waals surface area contributed by atoms with E-state index in [-0.39, 0.29) is 18.7 Å². The normalized spacial score (nSPS) is 14.9. The topological polar surface area (TPSA) is 52.6 Å². The second kappa shape index (κ2) is 6.06. The molecule has 2 rings (SSSR count). The number of amides is 2. The van der Waals surface area contributed by atoms with E-state index in [1.165, 1.54) is 28.9 Å². The Morgan fingerprint density at radius 3 is 2.89 bits per heavy atom. The summed E-state index contributed by atoms with van der Waals surface area (Å²) in [6.07, 6.45) is 3.57. The molecule has 1 atom stereocenters. The van der Waals surface area contributed by atoms with Gasteiger partial charge in [0.25, 0.3) is 0 Å². The number of hydrogen-bond donors (Lipinski definition) is 2. The highest BCUT2D eigenvalue weighted by atomic mass is 16.3. The summed E-state index contributed by atoms with van der Waals surface area (Å²) in [6, 6.07) is 6.13. The number of aliphatic hydroxyl groups is 1. The standard InChI is InChI=1S/C15H22N2O2/c1-11(10-18)17(2)15(19)16-9-12-6-7-13-4-3-5-14(13)8-12/h6-8,11,18H,3-5,9-10H2,1-2H3,(H,16,19). The molecule has 0 spiro atoms. The third kappa shape index (κ3) is 3.26. The van der Waals surface area contributed by atoms with Gasteiger partial charge < -0.3 is 15.3 Å². The number of hydrogen-bond acceptors (Lipinski definition) is 2. The molecule has 2 N–H and O–H groups in total. The van der Waals surface area contributed by atoms with Crippen molar-refractivity contribution in [3.8, 4) is 0 Å². The number of fused-ring (bicyclic) bond motifs is 1. The van der Waals surface area contributed by atoms with Crippen molar-refractivity contribution < 1.29 is 9.90 Å². The monoisotopic (exact) mass is 262 g/mol. The summed E-state index contributed by atoms with van der Waals surface area (Å²) in [5.74, 6) is 0. The molecule has 0 aromatic heterocycles. The molecule has 2 amide bonds. The zero-order valence-corrected chi connectivity index (χ0v) is 11.6. The van der Waals surface area contributed by atoms with Crippen LogP contribution in [0.4, 0.5) is 4.79 Å². The fourth-order valence-electron chi connectivity index (χ4n) is 2.36. The largest absolute Gasteiger partial charge is 0.394 e. The van der Waals surface area contributed by atoms with Gasteiger partial charge in [-0.3, -0.25) is 0 Å². The van der Waals surface area contributed by atoms with Crippen molar-refractivity contribution in [1.29, 1.82) is 0 Å². The summed E-state index contributed by atoms with van der Waals surface area (Å²) < 4.78 is 0. The number of nitrogens with zero attached hydrogens (tertiary/aromatic N) is 1. The number of rotatable bonds is 4. The fraction of sp³-hybridized carbons (Fsp3) is 0.533. The molecule has 1 aliphatic carbocycles. The van der Waals surface area contributed by atoms with Gasteiger partial charge in [-0.15, -0.1) is 0 Å². The highest BCUT2D eigenvalue weighted by Gasteiger charge is 2.15. The van der Waals surface area contributed by atoms with Gasteiger partial charge in [0, 0.05) is 13.6 Å². The van der Waals surface area contributed by atoms with Crippen molar-refractivity contribution in [3.05, 3.63) is 34.9 Å². The van der Waals surface area contributed by atoms with E-state index in [0.29, 0.717) is 6.54 Å². The van der Waals surface area contributed by atoms with E-state index in [1.54, 1.807) is 7.05 Å². The van der Waals surface area contributed by atoms with Gasteiger partial charge in [0.15, 0.2) is 0 Å². The molecule has 0 heterocycles. The van der Waals surface area contributed by atoms with Crippen molar-refractivity contribution >= 4 is 6.03 Å². The average Bonchev–Trinajstić information content (AvgIpc) is 2.90. The van der Waals surface area contributed by atoms with Gasteiger partial charge in [-0.2, -0.15) is 0 Å². The number of nitrogens with one attached hydrogen (secondary N) is 1. The van der Waals surface area contributed by atoms with Crippen molar-refractivity contribution in [1.82, 2.24) is 10.2 Å². The molecule has 1 aliphatic rings. The zero-order valence-electron chi connectivity index (χ0n) is 11.6. The Bertz CT molecular complexity index is 459. The second-order valence-electron chi connectivity index (χ2n) is 5.26. The van der Waals surface area contributed by atoms with Crippen LogP contribution < -0.4 is 5.32 Å². The molecule has 19 heavy (non-hydrogen) atoms. The van der Waals surface area contributed by atoms with Crippen LogP contribution in [0.1, 0.15) is 30.0 Å². The second-order valence-corrected chi connectivity index (χ2v) is 5.26. The quantitative estimate of drug-likeness (QED) is 0.867. The van der Waals surface area contributed by atoms with Crippen LogP contribution in [0.25, 0.3) is 0 Å². The lowest BCUT2D eigenvalue weighted by molar-refractivity contribution is 0.157. The Hall–Kier alpha value is -1.55. The molecule has 4 nitrogen and oxygen atoms in total. The van der Waals surface area contributed by atoms with Gasteiger partial charge in [-0.25, -0.2) is 4.79 Å². The Balaban J connectivity index is 1.90. The van der Waals surface area contributed by atoms with E-state index in [2.05, 4.69) is 23.5 Å². The summed E-state index contributed by atoms with van der Waals surface area (Å²) in [7, 11) is 1.69. The lowest BCUT2D eigenvalue weighted by atomic mass is 10.1. The zero-order chi connectivity index (χ0) is 13.8.